The summed E-state index contributed by atoms with van der Waals surface area (Å²) in [7, 11) is 0. The van der Waals surface area contributed by atoms with Crippen molar-refractivity contribution in [1.29, 1.82) is 0 Å². The molecule has 0 aliphatic carbocycles. The maximum absolute atomic E-state index is 9.97. The second-order valence-corrected chi connectivity index (χ2v) is 4.75. The number of anilines is 1. The lowest BCUT2D eigenvalue weighted by Gasteiger charge is -2.36. The first-order valence-corrected chi connectivity index (χ1v) is 6.17. The number of aromatic nitrogens is 4. The van der Waals surface area contributed by atoms with Crippen LogP contribution in [0.1, 0.15) is 12.5 Å². The van der Waals surface area contributed by atoms with E-state index >= 15 is 0 Å². The second kappa shape index (κ2) is 4.94. The molecule has 20 heavy (non-hydrogen) atoms. The number of imidazole rings is 1. The number of hydrogen-bond donors (Lipinski definition) is 4. The Morgan fingerprint density at radius 2 is 2.10 bits per heavy atom. The van der Waals surface area contributed by atoms with E-state index in [2.05, 4.69) is 15.0 Å². The lowest BCUT2D eigenvalue weighted by Crippen LogP contribution is -2.43. The molecule has 1 fully saturated rings. The van der Waals surface area contributed by atoms with Crippen LogP contribution in [0.15, 0.2) is 12.7 Å². The van der Waals surface area contributed by atoms with Crippen molar-refractivity contribution in [1.82, 2.24) is 19.5 Å². The Hall–Kier alpha value is -1.81. The van der Waals surface area contributed by atoms with Gasteiger partial charge in [-0.1, -0.05) is 0 Å². The van der Waals surface area contributed by atoms with Crippen molar-refractivity contribution < 1.29 is 20.1 Å². The van der Waals surface area contributed by atoms with E-state index in [1.807, 2.05) is 0 Å². The highest BCUT2D eigenvalue weighted by Gasteiger charge is 2.37. The zero-order valence-electron chi connectivity index (χ0n) is 10.5. The van der Waals surface area contributed by atoms with Crippen LogP contribution in [-0.2, 0) is 4.74 Å². The van der Waals surface area contributed by atoms with Crippen LogP contribution in [0.4, 0.5) is 5.82 Å². The minimum atomic E-state index is -1.22. The van der Waals surface area contributed by atoms with Gasteiger partial charge in [-0.3, -0.25) is 0 Å². The fourth-order valence-electron chi connectivity index (χ4n) is 2.42. The quantitative estimate of drug-likeness (QED) is 0.528. The largest absolute Gasteiger partial charge is 0.396 e. The fraction of sp³-hybridized carbons (Fsp3) is 0.545. The van der Waals surface area contributed by atoms with Gasteiger partial charge in [0.1, 0.15) is 11.8 Å². The van der Waals surface area contributed by atoms with E-state index in [-0.39, 0.29) is 12.4 Å². The molecule has 1 saturated heterocycles. The van der Waals surface area contributed by atoms with Crippen molar-refractivity contribution in [2.75, 3.05) is 12.3 Å². The van der Waals surface area contributed by atoms with Gasteiger partial charge in [-0.15, -0.1) is 0 Å². The smallest absolute Gasteiger partial charge is 0.178 e. The monoisotopic (exact) mass is 281 g/mol. The summed E-state index contributed by atoms with van der Waals surface area (Å²) >= 11 is 0. The molecular weight excluding hydrogens is 266 g/mol. The number of nitrogen functional groups attached to an aromatic ring is 1. The van der Waals surface area contributed by atoms with E-state index in [1.54, 1.807) is 4.57 Å². The first-order chi connectivity index (χ1) is 9.61. The van der Waals surface area contributed by atoms with Gasteiger partial charge >= 0.3 is 0 Å². The first kappa shape index (κ1) is 13.2. The summed E-state index contributed by atoms with van der Waals surface area (Å²) in [5.41, 5.74) is 6.62. The van der Waals surface area contributed by atoms with Gasteiger partial charge in [0.15, 0.2) is 24.0 Å². The Kier molecular flexibility index (Phi) is 3.26. The molecule has 9 heteroatoms. The minimum absolute atomic E-state index is 0.242. The Labute approximate surface area is 113 Å². The van der Waals surface area contributed by atoms with Gasteiger partial charge in [-0.05, 0) is 6.42 Å². The summed E-state index contributed by atoms with van der Waals surface area (Å²) in [5.74, 6) is -0.237. The summed E-state index contributed by atoms with van der Waals surface area (Å²) in [6.07, 6.45) is 0.708. The molecule has 9 nitrogen and oxygen atoms in total. The van der Waals surface area contributed by atoms with Gasteiger partial charge in [0, 0.05) is 5.92 Å². The molecule has 2 aromatic heterocycles. The molecule has 1 aliphatic rings. The molecule has 0 bridgehead atoms. The fourth-order valence-corrected chi connectivity index (χ4v) is 2.42. The second-order valence-electron chi connectivity index (χ2n) is 4.75. The van der Waals surface area contributed by atoms with Gasteiger partial charge in [0.25, 0.3) is 0 Å². The zero-order chi connectivity index (χ0) is 14.3. The van der Waals surface area contributed by atoms with Crippen molar-refractivity contribution in [2.45, 2.75) is 25.0 Å². The topological polar surface area (TPSA) is 140 Å². The number of rotatable bonds is 2. The van der Waals surface area contributed by atoms with Crippen LogP contribution in [0, 0.1) is 5.92 Å². The predicted octanol–water partition coefficient (Wildman–Crippen LogP) is -1.38. The van der Waals surface area contributed by atoms with Crippen LogP contribution < -0.4 is 5.73 Å². The van der Waals surface area contributed by atoms with E-state index in [0.717, 1.165) is 0 Å². The Morgan fingerprint density at radius 3 is 2.85 bits per heavy atom. The number of aliphatic hydroxyl groups is 3. The van der Waals surface area contributed by atoms with E-state index in [1.165, 1.54) is 12.7 Å². The van der Waals surface area contributed by atoms with E-state index in [9.17, 15) is 15.3 Å². The predicted molar refractivity (Wildman–Crippen MR) is 67.1 cm³/mol. The number of ether oxygens (including phenoxy) is 1. The summed E-state index contributed by atoms with van der Waals surface area (Å²) in [6, 6.07) is -0.519. The third-order valence-corrected chi connectivity index (χ3v) is 3.53. The molecule has 1 aliphatic heterocycles. The summed E-state index contributed by atoms with van der Waals surface area (Å²) < 4.78 is 6.65. The van der Waals surface area contributed by atoms with E-state index < -0.39 is 24.5 Å². The molecule has 0 aromatic carbocycles. The highest BCUT2D eigenvalue weighted by Crippen LogP contribution is 2.33. The Morgan fingerprint density at radius 1 is 1.30 bits per heavy atom. The van der Waals surface area contributed by atoms with Gasteiger partial charge in [-0.25, -0.2) is 15.0 Å². The molecule has 2 aromatic rings. The van der Waals surface area contributed by atoms with Gasteiger partial charge in [0.2, 0.25) is 0 Å². The molecule has 0 saturated carbocycles. The van der Waals surface area contributed by atoms with Crippen molar-refractivity contribution in [2.24, 2.45) is 5.92 Å². The third kappa shape index (κ3) is 2.00. The normalized spacial score (nSPS) is 30.8. The van der Waals surface area contributed by atoms with Crippen LogP contribution >= 0.6 is 0 Å². The summed E-state index contributed by atoms with van der Waals surface area (Å²) in [5, 5.41) is 28.8. The van der Waals surface area contributed by atoms with E-state index in [4.69, 9.17) is 10.5 Å². The zero-order valence-corrected chi connectivity index (χ0v) is 10.5. The molecule has 4 atom stereocenters. The summed E-state index contributed by atoms with van der Waals surface area (Å²) in [4.78, 5) is 12.1. The summed E-state index contributed by atoms with van der Waals surface area (Å²) in [6.45, 7) is -0.242. The maximum atomic E-state index is 9.97. The Bertz CT molecular complexity index is 618. The molecule has 0 radical (unpaired) electrons. The molecule has 3 heterocycles. The number of nitrogens with two attached hydrogens (primary N) is 1. The van der Waals surface area contributed by atoms with Crippen LogP contribution in [0.2, 0.25) is 0 Å². The van der Waals surface area contributed by atoms with Gasteiger partial charge in [-0.2, -0.15) is 0 Å². The molecule has 108 valence electrons. The van der Waals surface area contributed by atoms with Crippen molar-refractivity contribution in [3.8, 4) is 0 Å². The van der Waals surface area contributed by atoms with Crippen LogP contribution in [-0.4, -0.2) is 54.0 Å². The number of hydrogen-bond acceptors (Lipinski definition) is 8. The van der Waals surface area contributed by atoms with E-state index in [0.29, 0.717) is 17.6 Å². The Balaban J connectivity index is 2.00. The average Bonchev–Trinajstić information content (AvgIpc) is 2.84. The average molecular weight is 281 g/mol. The molecule has 0 spiro atoms. The van der Waals surface area contributed by atoms with Crippen LogP contribution in [0.25, 0.3) is 11.2 Å². The lowest BCUT2D eigenvalue weighted by molar-refractivity contribution is -0.275. The van der Waals surface area contributed by atoms with Gasteiger partial charge in [0.05, 0.1) is 19.0 Å². The maximum Gasteiger partial charge on any atom is 0.178 e. The molecule has 3 rings (SSSR count). The number of fused-ring (bicyclic) bond motifs is 1. The van der Waals surface area contributed by atoms with Crippen LogP contribution in [0.3, 0.4) is 0 Å². The van der Waals surface area contributed by atoms with Crippen molar-refractivity contribution in [3.05, 3.63) is 12.7 Å². The molecule has 4 unspecified atom stereocenters. The molecular formula is C11H15N5O4. The highest BCUT2D eigenvalue weighted by molar-refractivity contribution is 5.81. The third-order valence-electron chi connectivity index (χ3n) is 3.53. The molecule has 5 N–H and O–H groups in total. The first-order valence-electron chi connectivity index (χ1n) is 6.17. The van der Waals surface area contributed by atoms with Gasteiger partial charge < -0.3 is 30.4 Å². The number of nitrogens with zero attached hydrogens (tertiary/aromatic N) is 4. The molecule has 0 amide bonds. The minimum Gasteiger partial charge on any atom is -0.396 e. The SMILES string of the molecule is Nc1ncnc2c1ncn2C1CC(CO)C(O)OC1O. The lowest BCUT2D eigenvalue weighted by atomic mass is 9.96. The highest BCUT2D eigenvalue weighted by atomic mass is 16.7. The van der Waals surface area contributed by atoms with Crippen molar-refractivity contribution >= 4 is 17.0 Å². The van der Waals surface area contributed by atoms with Crippen molar-refractivity contribution in [3.63, 3.8) is 0 Å². The number of aliphatic hydroxyl groups excluding tert-OH is 3. The van der Waals surface area contributed by atoms with Crippen LogP contribution in [0.5, 0.6) is 0 Å². The standard InChI is InChI=1S/C11H15N5O4/c12-8-7-9(14-3-13-8)16(4-15-7)6-1-5(2-17)10(18)20-11(6)19/h3-6,10-11,17-19H,1-2H2,(H2,12,13,14).